The molecule has 1 unspecified atom stereocenters. The van der Waals surface area contributed by atoms with E-state index in [-0.39, 0.29) is 17.4 Å². The zero-order valence-corrected chi connectivity index (χ0v) is 10.6. The predicted molar refractivity (Wildman–Crippen MR) is 59.5 cm³/mol. The number of amides is 1. The van der Waals surface area contributed by atoms with Gasteiger partial charge in [0, 0.05) is 19.6 Å². The van der Waals surface area contributed by atoms with Crippen LogP contribution in [0, 0.1) is 5.41 Å². The molecular formula is C11H23NO3. The van der Waals surface area contributed by atoms with Crippen molar-refractivity contribution in [3.05, 3.63) is 0 Å². The SMILES string of the molecule is CCC(C)(C)C(=O)NC(C)C(OC)OC. The van der Waals surface area contributed by atoms with Gasteiger partial charge < -0.3 is 14.8 Å². The summed E-state index contributed by atoms with van der Waals surface area (Å²) in [5.41, 5.74) is -0.347. The molecule has 1 atom stereocenters. The smallest absolute Gasteiger partial charge is 0.226 e. The van der Waals surface area contributed by atoms with Crippen LogP contribution in [0.2, 0.25) is 0 Å². The van der Waals surface area contributed by atoms with Crippen molar-refractivity contribution in [1.29, 1.82) is 0 Å². The Balaban J connectivity index is 4.29. The van der Waals surface area contributed by atoms with Crippen LogP contribution in [-0.4, -0.2) is 32.5 Å². The number of nitrogens with one attached hydrogen (secondary N) is 1. The maximum Gasteiger partial charge on any atom is 0.226 e. The van der Waals surface area contributed by atoms with Crippen molar-refractivity contribution < 1.29 is 14.3 Å². The summed E-state index contributed by atoms with van der Waals surface area (Å²) < 4.78 is 10.1. The van der Waals surface area contributed by atoms with Gasteiger partial charge in [0.05, 0.1) is 6.04 Å². The van der Waals surface area contributed by atoms with Crippen LogP contribution in [0.4, 0.5) is 0 Å². The first-order valence-electron chi connectivity index (χ1n) is 5.25. The van der Waals surface area contributed by atoms with Crippen LogP contribution in [0.3, 0.4) is 0 Å². The molecule has 0 spiro atoms. The molecule has 4 heteroatoms. The molecule has 0 aliphatic carbocycles. The minimum Gasteiger partial charge on any atom is -0.354 e. The van der Waals surface area contributed by atoms with E-state index in [1.807, 2.05) is 27.7 Å². The molecule has 90 valence electrons. The Morgan fingerprint density at radius 2 is 1.80 bits per heavy atom. The van der Waals surface area contributed by atoms with E-state index in [9.17, 15) is 4.79 Å². The number of hydrogen-bond acceptors (Lipinski definition) is 3. The lowest BCUT2D eigenvalue weighted by molar-refractivity contribution is -0.141. The van der Waals surface area contributed by atoms with Crippen molar-refractivity contribution >= 4 is 5.91 Å². The zero-order chi connectivity index (χ0) is 12.1. The minimum absolute atomic E-state index is 0.0246. The molecule has 0 radical (unpaired) electrons. The van der Waals surface area contributed by atoms with Crippen molar-refractivity contribution in [1.82, 2.24) is 5.32 Å². The maximum atomic E-state index is 11.8. The van der Waals surface area contributed by atoms with Gasteiger partial charge in [0.15, 0.2) is 6.29 Å². The van der Waals surface area contributed by atoms with Gasteiger partial charge in [0.1, 0.15) is 0 Å². The van der Waals surface area contributed by atoms with Crippen LogP contribution < -0.4 is 5.32 Å². The van der Waals surface area contributed by atoms with Crippen LogP contribution in [0.25, 0.3) is 0 Å². The normalized spacial score (nSPS) is 14.1. The first-order valence-corrected chi connectivity index (χ1v) is 5.25. The predicted octanol–water partition coefficient (Wildman–Crippen LogP) is 1.55. The van der Waals surface area contributed by atoms with Crippen molar-refractivity contribution in [3.8, 4) is 0 Å². The number of rotatable bonds is 6. The fourth-order valence-electron chi connectivity index (χ4n) is 1.14. The Morgan fingerprint density at radius 3 is 2.13 bits per heavy atom. The molecule has 0 aromatic carbocycles. The molecule has 0 aliphatic heterocycles. The highest BCUT2D eigenvalue weighted by Crippen LogP contribution is 2.20. The number of ether oxygens (including phenoxy) is 2. The van der Waals surface area contributed by atoms with Crippen LogP contribution >= 0.6 is 0 Å². The van der Waals surface area contributed by atoms with Gasteiger partial charge in [-0.25, -0.2) is 0 Å². The molecule has 0 aliphatic rings. The fraction of sp³-hybridized carbons (Fsp3) is 0.909. The fourth-order valence-corrected chi connectivity index (χ4v) is 1.14. The van der Waals surface area contributed by atoms with Gasteiger partial charge >= 0.3 is 0 Å². The maximum absolute atomic E-state index is 11.8. The summed E-state index contributed by atoms with van der Waals surface area (Å²) in [5.74, 6) is 0.0246. The third-order valence-corrected chi connectivity index (χ3v) is 2.73. The second kappa shape index (κ2) is 6.08. The first kappa shape index (κ1) is 14.4. The number of hydrogen-bond donors (Lipinski definition) is 1. The quantitative estimate of drug-likeness (QED) is 0.687. The third kappa shape index (κ3) is 4.18. The Bertz CT molecular complexity index is 200. The van der Waals surface area contributed by atoms with Gasteiger partial charge in [-0.3, -0.25) is 4.79 Å². The molecule has 0 saturated carbocycles. The highest BCUT2D eigenvalue weighted by Gasteiger charge is 2.28. The molecule has 0 rings (SSSR count). The van der Waals surface area contributed by atoms with Gasteiger partial charge in [-0.05, 0) is 13.3 Å². The van der Waals surface area contributed by atoms with E-state index < -0.39 is 6.29 Å². The molecule has 0 saturated heterocycles. The van der Waals surface area contributed by atoms with E-state index in [4.69, 9.17) is 9.47 Å². The highest BCUT2D eigenvalue weighted by atomic mass is 16.7. The van der Waals surface area contributed by atoms with Gasteiger partial charge in [0.25, 0.3) is 0 Å². The van der Waals surface area contributed by atoms with Gasteiger partial charge in [0.2, 0.25) is 5.91 Å². The molecule has 0 aromatic rings. The van der Waals surface area contributed by atoms with Gasteiger partial charge in [-0.2, -0.15) is 0 Å². The summed E-state index contributed by atoms with van der Waals surface area (Å²) in [4.78, 5) is 11.8. The molecule has 15 heavy (non-hydrogen) atoms. The van der Waals surface area contributed by atoms with Crippen LogP contribution in [0.15, 0.2) is 0 Å². The Morgan fingerprint density at radius 1 is 1.33 bits per heavy atom. The van der Waals surface area contributed by atoms with E-state index in [0.717, 1.165) is 6.42 Å². The summed E-state index contributed by atoms with van der Waals surface area (Å²) in [7, 11) is 3.11. The Hall–Kier alpha value is -0.610. The molecule has 0 heterocycles. The van der Waals surface area contributed by atoms with Gasteiger partial charge in [-0.1, -0.05) is 20.8 Å². The van der Waals surface area contributed by atoms with E-state index in [1.54, 1.807) is 14.2 Å². The average molecular weight is 217 g/mol. The monoisotopic (exact) mass is 217 g/mol. The topological polar surface area (TPSA) is 47.6 Å². The highest BCUT2D eigenvalue weighted by molar-refractivity contribution is 5.81. The number of methoxy groups -OCH3 is 2. The lowest BCUT2D eigenvalue weighted by Gasteiger charge is -2.27. The van der Waals surface area contributed by atoms with Gasteiger partial charge in [-0.15, -0.1) is 0 Å². The second-order valence-electron chi connectivity index (χ2n) is 4.34. The van der Waals surface area contributed by atoms with E-state index in [2.05, 4.69) is 5.32 Å². The Labute approximate surface area is 92.3 Å². The molecule has 0 bridgehead atoms. The number of carbonyl (C=O) groups is 1. The lowest BCUT2D eigenvalue weighted by atomic mass is 9.89. The van der Waals surface area contributed by atoms with Crippen molar-refractivity contribution in [2.75, 3.05) is 14.2 Å². The summed E-state index contributed by atoms with van der Waals surface area (Å²) in [6, 6.07) is -0.154. The molecule has 4 nitrogen and oxygen atoms in total. The molecular weight excluding hydrogens is 194 g/mol. The van der Waals surface area contributed by atoms with Crippen LogP contribution in [0.5, 0.6) is 0 Å². The van der Waals surface area contributed by atoms with E-state index in [1.165, 1.54) is 0 Å². The van der Waals surface area contributed by atoms with Crippen molar-refractivity contribution in [2.24, 2.45) is 5.41 Å². The van der Waals surface area contributed by atoms with Crippen molar-refractivity contribution in [2.45, 2.75) is 46.4 Å². The van der Waals surface area contributed by atoms with E-state index in [0.29, 0.717) is 0 Å². The molecule has 1 amide bonds. The van der Waals surface area contributed by atoms with E-state index >= 15 is 0 Å². The zero-order valence-electron chi connectivity index (χ0n) is 10.6. The molecule has 1 N–H and O–H groups in total. The summed E-state index contributed by atoms with van der Waals surface area (Å²) in [5, 5.41) is 2.88. The summed E-state index contributed by atoms with van der Waals surface area (Å²) in [6.07, 6.45) is 0.400. The van der Waals surface area contributed by atoms with Crippen LogP contribution in [0.1, 0.15) is 34.1 Å². The number of carbonyl (C=O) groups excluding carboxylic acids is 1. The molecule has 0 aromatic heterocycles. The lowest BCUT2D eigenvalue weighted by Crippen LogP contribution is -2.47. The van der Waals surface area contributed by atoms with Crippen molar-refractivity contribution in [3.63, 3.8) is 0 Å². The third-order valence-electron chi connectivity index (χ3n) is 2.73. The van der Waals surface area contributed by atoms with Crippen LogP contribution in [-0.2, 0) is 14.3 Å². The molecule has 0 fully saturated rings. The standard InChI is InChI=1S/C11H23NO3/c1-7-11(3,4)10(13)12-8(2)9(14-5)15-6/h8-9H,7H2,1-6H3,(H,12,13). The summed E-state index contributed by atoms with van der Waals surface area (Å²) in [6.45, 7) is 7.70. The second-order valence-corrected chi connectivity index (χ2v) is 4.34. The minimum atomic E-state index is -0.401. The largest absolute Gasteiger partial charge is 0.354 e. The average Bonchev–Trinajstić information content (AvgIpc) is 2.19. The summed E-state index contributed by atoms with van der Waals surface area (Å²) >= 11 is 0. The Kier molecular flexibility index (Phi) is 5.83. The first-order chi connectivity index (χ1) is 6.88.